The van der Waals surface area contributed by atoms with Crippen LogP contribution in [-0.4, -0.2) is 59.7 Å². The van der Waals surface area contributed by atoms with Crippen molar-refractivity contribution >= 4 is 17.2 Å². The van der Waals surface area contributed by atoms with Gasteiger partial charge in [-0.1, -0.05) is 39.0 Å². The van der Waals surface area contributed by atoms with Gasteiger partial charge in [-0.25, -0.2) is 0 Å². The molecule has 2 heterocycles. The minimum absolute atomic E-state index is 0.0828. The fourth-order valence-electron chi connectivity index (χ4n) is 4.07. The van der Waals surface area contributed by atoms with Crippen LogP contribution < -0.4 is 4.74 Å². The number of amides is 1. The first-order chi connectivity index (χ1) is 14.9. The molecule has 1 amide bonds. The number of aliphatic hydroxyl groups is 1. The van der Waals surface area contributed by atoms with E-state index in [9.17, 15) is 9.90 Å². The molecular weight excluding hydrogens is 408 g/mol. The Morgan fingerprint density at radius 1 is 1.32 bits per heavy atom. The van der Waals surface area contributed by atoms with Gasteiger partial charge in [0, 0.05) is 18.0 Å². The van der Waals surface area contributed by atoms with E-state index in [0.717, 1.165) is 30.7 Å². The molecule has 0 spiro atoms. The quantitative estimate of drug-likeness (QED) is 0.594. The second-order valence-corrected chi connectivity index (χ2v) is 9.78. The second kappa shape index (κ2) is 11.1. The van der Waals surface area contributed by atoms with Crippen LogP contribution in [0.2, 0.25) is 0 Å². The molecule has 0 radical (unpaired) electrons. The van der Waals surface area contributed by atoms with Gasteiger partial charge in [-0.15, -0.1) is 11.3 Å². The Morgan fingerprint density at radius 2 is 2.10 bits per heavy atom. The molecule has 1 aliphatic heterocycles. The average Bonchev–Trinajstić information content (AvgIpc) is 3.22. The summed E-state index contributed by atoms with van der Waals surface area (Å²) in [7, 11) is 0. The van der Waals surface area contributed by atoms with Crippen molar-refractivity contribution in [3.05, 3.63) is 51.7 Å². The number of aliphatic hydroxyl groups excluding tert-OH is 1. The lowest BCUT2D eigenvalue weighted by Gasteiger charge is -2.37. The van der Waals surface area contributed by atoms with Crippen LogP contribution in [0.5, 0.6) is 5.75 Å². The predicted molar refractivity (Wildman–Crippen MR) is 127 cm³/mol. The van der Waals surface area contributed by atoms with E-state index in [1.54, 1.807) is 11.3 Å². The van der Waals surface area contributed by atoms with E-state index in [0.29, 0.717) is 26.2 Å². The summed E-state index contributed by atoms with van der Waals surface area (Å²) >= 11 is 1.76. The third-order valence-electron chi connectivity index (χ3n) is 6.02. The molecule has 5 nitrogen and oxygen atoms in total. The van der Waals surface area contributed by atoms with Crippen LogP contribution in [0.25, 0.3) is 0 Å². The topological polar surface area (TPSA) is 53.0 Å². The molecule has 2 aromatic rings. The molecular formula is C25H36N2O3S. The number of hydrogen-bond acceptors (Lipinski definition) is 5. The lowest BCUT2D eigenvalue weighted by atomic mass is 10.00. The molecule has 1 aliphatic rings. The van der Waals surface area contributed by atoms with Crippen molar-refractivity contribution in [3.8, 4) is 5.75 Å². The third kappa shape index (κ3) is 6.09. The lowest BCUT2D eigenvalue weighted by Crippen LogP contribution is -2.48. The lowest BCUT2D eigenvalue weighted by molar-refractivity contribution is -0.136. The van der Waals surface area contributed by atoms with E-state index in [1.807, 2.05) is 49.9 Å². The van der Waals surface area contributed by atoms with Gasteiger partial charge in [0.2, 0.25) is 5.91 Å². The summed E-state index contributed by atoms with van der Waals surface area (Å²) in [5, 5.41) is 12.5. The van der Waals surface area contributed by atoms with Crippen LogP contribution >= 0.6 is 11.3 Å². The highest BCUT2D eigenvalue weighted by molar-refractivity contribution is 7.10. The van der Waals surface area contributed by atoms with Crippen LogP contribution in [-0.2, 0) is 11.2 Å². The van der Waals surface area contributed by atoms with Crippen molar-refractivity contribution in [3.63, 3.8) is 0 Å². The maximum atomic E-state index is 13.4. The normalized spacial score (nSPS) is 17.1. The summed E-state index contributed by atoms with van der Waals surface area (Å²) < 4.78 is 6.19. The van der Waals surface area contributed by atoms with Gasteiger partial charge in [-0.3, -0.25) is 9.69 Å². The van der Waals surface area contributed by atoms with Crippen molar-refractivity contribution in [1.29, 1.82) is 0 Å². The Bertz CT molecular complexity index is 851. The standard InChI is InChI=1S/C25H36N2O3S/c1-5-12-26(15-22(28)18(2)3)16-25(29)27-13-10-24-20(11-14-31-24)21(27)17-30-23-9-7-6-8-19(23)4/h6-9,11,14,18,21-22,28H,5,10,12-13,15-17H2,1-4H3. The summed E-state index contributed by atoms with van der Waals surface area (Å²) in [5.41, 5.74) is 2.31. The second-order valence-electron chi connectivity index (χ2n) is 8.78. The molecule has 170 valence electrons. The van der Waals surface area contributed by atoms with Gasteiger partial charge in [-0.05, 0) is 60.9 Å². The van der Waals surface area contributed by atoms with Crippen molar-refractivity contribution in [2.45, 2.75) is 52.7 Å². The van der Waals surface area contributed by atoms with Crippen LogP contribution in [0.3, 0.4) is 0 Å². The molecule has 31 heavy (non-hydrogen) atoms. The SMILES string of the molecule is CCCN(CC(=O)N1CCc2sccc2C1COc1ccccc1C)CC(O)C(C)C. The zero-order valence-corrected chi connectivity index (χ0v) is 20.0. The minimum Gasteiger partial charge on any atom is -0.491 e. The van der Waals surface area contributed by atoms with Crippen LogP contribution in [0.1, 0.15) is 49.2 Å². The van der Waals surface area contributed by atoms with Gasteiger partial charge >= 0.3 is 0 Å². The van der Waals surface area contributed by atoms with E-state index < -0.39 is 6.10 Å². The fraction of sp³-hybridized carbons (Fsp3) is 0.560. The largest absolute Gasteiger partial charge is 0.491 e. The molecule has 0 fully saturated rings. The maximum absolute atomic E-state index is 13.4. The molecule has 3 rings (SSSR count). The smallest absolute Gasteiger partial charge is 0.237 e. The Morgan fingerprint density at radius 3 is 2.81 bits per heavy atom. The summed E-state index contributed by atoms with van der Waals surface area (Å²) in [6.45, 7) is 11.0. The van der Waals surface area contributed by atoms with E-state index in [-0.39, 0.29) is 17.9 Å². The van der Waals surface area contributed by atoms with Crippen LogP contribution in [0.4, 0.5) is 0 Å². The number of carbonyl (C=O) groups is 1. The van der Waals surface area contributed by atoms with E-state index >= 15 is 0 Å². The number of nitrogens with zero attached hydrogens (tertiary/aromatic N) is 2. The van der Waals surface area contributed by atoms with Crippen molar-refractivity contribution in [2.24, 2.45) is 5.92 Å². The third-order valence-corrected chi connectivity index (χ3v) is 7.02. The maximum Gasteiger partial charge on any atom is 0.237 e. The number of ether oxygens (including phenoxy) is 1. The van der Waals surface area contributed by atoms with Crippen LogP contribution in [0.15, 0.2) is 35.7 Å². The van der Waals surface area contributed by atoms with Crippen molar-refractivity contribution in [1.82, 2.24) is 9.80 Å². The average molecular weight is 445 g/mol. The summed E-state index contributed by atoms with van der Waals surface area (Å²) in [5.74, 6) is 1.15. The molecule has 0 bridgehead atoms. The van der Waals surface area contributed by atoms with Gasteiger partial charge in [0.15, 0.2) is 0 Å². The number of para-hydroxylation sites is 1. The zero-order valence-electron chi connectivity index (χ0n) is 19.2. The summed E-state index contributed by atoms with van der Waals surface area (Å²) in [6.07, 6.45) is 1.42. The highest BCUT2D eigenvalue weighted by atomic mass is 32.1. The molecule has 1 aromatic heterocycles. The van der Waals surface area contributed by atoms with E-state index in [1.165, 1.54) is 10.4 Å². The van der Waals surface area contributed by atoms with Gasteiger partial charge < -0.3 is 14.7 Å². The first-order valence-corrected chi connectivity index (χ1v) is 12.2. The molecule has 6 heteroatoms. The minimum atomic E-state index is -0.427. The summed E-state index contributed by atoms with van der Waals surface area (Å²) in [6, 6.07) is 10.1. The van der Waals surface area contributed by atoms with E-state index in [4.69, 9.17) is 4.74 Å². The Hall–Kier alpha value is -1.89. The molecule has 2 unspecified atom stereocenters. The van der Waals surface area contributed by atoms with Crippen molar-refractivity contribution in [2.75, 3.05) is 32.8 Å². The first kappa shape index (κ1) is 23.8. The van der Waals surface area contributed by atoms with Gasteiger partial charge in [0.25, 0.3) is 0 Å². The van der Waals surface area contributed by atoms with Crippen molar-refractivity contribution < 1.29 is 14.6 Å². The van der Waals surface area contributed by atoms with E-state index in [2.05, 4.69) is 23.3 Å². The van der Waals surface area contributed by atoms with Gasteiger partial charge in [0.1, 0.15) is 12.4 Å². The highest BCUT2D eigenvalue weighted by Crippen LogP contribution is 2.34. The van der Waals surface area contributed by atoms with Crippen LogP contribution in [0, 0.1) is 12.8 Å². The molecule has 1 N–H and O–H groups in total. The number of hydrogen-bond donors (Lipinski definition) is 1. The number of benzene rings is 1. The number of thiophene rings is 1. The Balaban J connectivity index is 1.74. The molecule has 2 atom stereocenters. The molecule has 0 saturated carbocycles. The Kier molecular flexibility index (Phi) is 8.52. The number of rotatable bonds is 10. The van der Waals surface area contributed by atoms with Gasteiger partial charge in [0.05, 0.1) is 18.7 Å². The monoisotopic (exact) mass is 444 g/mol. The zero-order chi connectivity index (χ0) is 22.4. The summed E-state index contributed by atoms with van der Waals surface area (Å²) in [4.78, 5) is 18.8. The fourth-order valence-corrected chi connectivity index (χ4v) is 5.00. The predicted octanol–water partition coefficient (Wildman–Crippen LogP) is 4.29. The number of carbonyl (C=O) groups excluding carboxylic acids is 1. The highest BCUT2D eigenvalue weighted by Gasteiger charge is 2.33. The molecule has 1 aromatic carbocycles. The first-order valence-electron chi connectivity index (χ1n) is 11.3. The molecule has 0 saturated heterocycles. The Labute approximate surface area is 190 Å². The molecule has 0 aliphatic carbocycles. The number of fused-ring (bicyclic) bond motifs is 1. The number of aryl methyl sites for hydroxylation is 1. The van der Waals surface area contributed by atoms with Gasteiger partial charge in [-0.2, -0.15) is 0 Å².